The number of rotatable bonds is 4. The second kappa shape index (κ2) is 6.88. The molecule has 6 heteroatoms. The van der Waals surface area contributed by atoms with Crippen LogP contribution in [0.25, 0.3) is 5.70 Å². The number of carbonyl (C=O) groups is 1. The van der Waals surface area contributed by atoms with Gasteiger partial charge in [0.15, 0.2) is 5.17 Å². The molecule has 0 aromatic heterocycles. The van der Waals surface area contributed by atoms with Gasteiger partial charge in [-0.1, -0.05) is 23.9 Å². The summed E-state index contributed by atoms with van der Waals surface area (Å²) in [6.45, 7) is 1.80. The van der Waals surface area contributed by atoms with Crippen molar-refractivity contribution in [1.82, 2.24) is 4.90 Å². The molecule has 2 aromatic rings. The number of hydrogen-bond acceptors (Lipinski definition) is 5. The van der Waals surface area contributed by atoms with E-state index >= 15 is 0 Å². The summed E-state index contributed by atoms with van der Waals surface area (Å²) in [5.74, 6) is -0.104. The number of nitrogens with one attached hydrogen (secondary N) is 1. The van der Waals surface area contributed by atoms with Crippen LogP contribution in [0.3, 0.4) is 0 Å². The Morgan fingerprint density at radius 3 is 2.54 bits per heavy atom. The molecule has 0 bridgehead atoms. The molecule has 0 unspecified atom stereocenters. The highest BCUT2D eigenvalue weighted by atomic mass is 32.2. The summed E-state index contributed by atoms with van der Waals surface area (Å²) in [5.41, 5.74) is 4.82. The van der Waals surface area contributed by atoms with Crippen LogP contribution in [0, 0.1) is 0 Å². The van der Waals surface area contributed by atoms with E-state index in [1.54, 1.807) is 11.8 Å². The van der Waals surface area contributed by atoms with Crippen molar-refractivity contribution in [3.05, 3.63) is 65.1 Å². The van der Waals surface area contributed by atoms with Crippen molar-refractivity contribution in [3.8, 4) is 0 Å². The zero-order chi connectivity index (χ0) is 18.1. The molecule has 132 valence electrons. The summed E-state index contributed by atoms with van der Waals surface area (Å²) in [5, 5.41) is 6.18. The fraction of sp³-hybridized carbons (Fsp3) is 0.200. The van der Waals surface area contributed by atoms with E-state index in [4.69, 9.17) is 0 Å². The first-order valence-electron chi connectivity index (χ1n) is 8.50. The maximum absolute atomic E-state index is 12.4. The van der Waals surface area contributed by atoms with Crippen molar-refractivity contribution >= 4 is 39.9 Å². The molecule has 2 aliphatic rings. The smallest absolute Gasteiger partial charge is 0.255 e. The van der Waals surface area contributed by atoms with Crippen molar-refractivity contribution < 1.29 is 4.79 Å². The lowest BCUT2D eigenvalue weighted by atomic mass is 10.1. The van der Waals surface area contributed by atoms with E-state index in [2.05, 4.69) is 20.6 Å². The summed E-state index contributed by atoms with van der Waals surface area (Å²) >= 11 is 1.67. The number of aliphatic imine (C=N–C) groups is 1. The maximum atomic E-state index is 12.4. The predicted molar refractivity (Wildman–Crippen MR) is 110 cm³/mol. The highest BCUT2D eigenvalue weighted by Gasteiger charge is 2.26. The molecule has 5 nitrogen and oxygen atoms in total. The molecule has 0 fully saturated rings. The van der Waals surface area contributed by atoms with E-state index in [1.165, 1.54) is 5.70 Å². The minimum atomic E-state index is -0.104. The molecular weight excluding hydrogens is 344 g/mol. The quantitative estimate of drug-likeness (QED) is 0.898. The largest absolute Gasteiger partial charge is 0.378 e. The zero-order valence-corrected chi connectivity index (χ0v) is 15.6. The van der Waals surface area contributed by atoms with E-state index in [-0.39, 0.29) is 5.91 Å². The van der Waals surface area contributed by atoms with E-state index in [9.17, 15) is 4.79 Å². The van der Waals surface area contributed by atoms with Gasteiger partial charge >= 0.3 is 0 Å². The van der Waals surface area contributed by atoms with Crippen LogP contribution in [-0.4, -0.2) is 43.2 Å². The Morgan fingerprint density at radius 1 is 1.12 bits per heavy atom. The van der Waals surface area contributed by atoms with Gasteiger partial charge in [-0.05, 0) is 42.0 Å². The Morgan fingerprint density at radius 2 is 1.85 bits per heavy atom. The molecule has 2 aliphatic heterocycles. The number of nitrogens with zero attached hydrogens (tertiary/aromatic N) is 3. The van der Waals surface area contributed by atoms with Gasteiger partial charge < -0.3 is 15.1 Å². The van der Waals surface area contributed by atoms with Crippen molar-refractivity contribution in [1.29, 1.82) is 0 Å². The van der Waals surface area contributed by atoms with Crippen molar-refractivity contribution in [2.24, 2.45) is 4.99 Å². The predicted octanol–water partition coefficient (Wildman–Crippen LogP) is 3.72. The number of benzene rings is 2. The van der Waals surface area contributed by atoms with Crippen LogP contribution in [0.1, 0.15) is 15.9 Å². The maximum Gasteiger partial charge on any atom is 0.255 e. The van der Waals surface area contributed by atoms with Crippen LogP contribution in [0.4, 0.5) is 11.4 Å². The van der Waals surface area contributed by atoms with Crippen molar-refractivity contribution in [2.45, 2.75) is 0 Å². The third-order valence-corrected chi connectivity index (χ3v) is 5.35. The Kier molecular flexibility index (Phi) is 4.42. The van der Waals surface area contributed by atoms with Gasteiger partial charge in [0.25, 0.3) is 5.91 Å². The average Bonchev–Trinajstić information content (AvgIpc) is 3.26. The second-order valence-corrected chi connectivity index (χ2v) is 7.25. The summed E-state index contributed by atoms with van der Waals surface area (Å²) in [4.78, 5) is 21.1. The number of thioether (sulfide) groups is 1. The second-order valence-electron chi connectivity index (χ2n) is 6.41. The van der Waals surface area contributed by atoms with Crippen LogP contribution in [0.2, 0.25) is 0 Å². The SMILES string of the molecule is CN(C)c1ccc(C(=O)Nc2ccc(C3=CSC4=NCCN34)cc2)cc1. The average molecular weight is 364 g/mol. The van der Waals surface area contributed by atoms with E-state index in [1.807, 2.05) is 67.5 Å². The van der Waals surface area contributed by atoms with Gasteiger partial charge in [-0.25, -0.2) is 0 Å². The van der Waals surface area contributed by atoms with E-state index in [0.29, 0.717) is 5.56 Å². The Hall–Kier alpha value is -2.73. The first kappa shape index (κ1) is 16.7. The zero-order valence-electron chi connectivity index (χ0n) is 14.8. The van der Waals surface area contributed by atoms with Gasteiger partial charge in [0.05, 0.1) is 12.2 Å². The molecule has 26 heavy (non-hydrogen) atoms. The molecule has 2 heterocycles. The van der Waals surface area contributed by atoms with Gasteiger partial charge in [-0.3, -0.25) is 9.79 Å². The van der Waals surface area contributed by atoms with Crippen LogP contribution in [-0.2, 0) is 0 Å². The topological polar surface area (TPSA) is 47.9 Å². The molecule has 4 rings (SSSR count). The molecular formula is C20H20N4OS. The van der Waals surface area contributed by atoms with Gasteiger partial charge in [0, 0.05) is 43.0 Å². The van der Waals surface area contributed by atoms with E-state index in [0.717, 1.165) is 35.2 Å². The van der Waals surface area contributed by atoms with Crippen molar-refractivity contribution in [2.75, 3.05) is 37.4 Å². The third kappa shape index (κ3) is 3.20. The molecule has 0 saturated carbocycles. The van der Waals surface area contributed by atoms with Gasteiger partial charge in [-0.2, -0.15) is 0 Å². The normalized spacial score (nSPS) is 15.4. The lowest BCUT2D eigenvalue weighted by Gasteiger charge is -2.17. The summed E-state index contributed by atoms with van der Waals surface area (Å²) in [6, 6.07) is 15.5. The molecule has 1 amide bonds. The number of carbonyl (C=O) groups excluding carboxylic acids is 1. The molecule has 0 radical (unpaired) electrons. The van der Waals surface area contributed by atoms with Crippen LogP contribution in [0.5, 0.6) is 0 Å². The highest BCUT2D eigenvalue weighted by Crippen LogP contribution is 2.35. The molecule has 0 spiro atoms. The Bertz CT molecular complexity index is 885. The summed E-state index contributed by atoms with van der Waals surface area (Å²) < 4.78 is 0. The molecule has 1 N–H and O–H groups in total. The van der Waals surface area contributed by atoms with Crippen LogP contribution >= 0.6 is 11.8 Å². The minimum Gasteiger partial charge on any atom is -0.378 e. The third-order valence-electron chi connectivity index (χ3n) is 4.45. The van der Waals surface area contributed by atoms with Gasteiger partial charge in [0.1, 0.15) is 0 Å². The summed E-state index contributed by atoms with van der Waals surface area (Å²) in [7, 11) is 3.96. The first-order valence-corrected chi connectivity index (χ1v) is 9.38. The van der Waals surface area contributed by atoms with Crippen molar-refractivity contribution in [3.63, 3.8) is 0 Å². The summed E-state index contributed by atoms with van der Waals surface area (Å²) in [6.07, 6.45) is 0. The fourth-order valence-corrected chi connectivity index (χ4v) is 3.95. The van der Waals surface area contributed by atoms with Crippen LogP contribution < -0.4 is 10.2 Å². The number of amides is 1. The monoisotopic (exact) mass is 364 g/mol. The van der Waals surface area contributed by atoms with Gasteiger partial charge in [-0.15, -0.1) is 0 Å². The number of fused-ring (bicyclic) bond motifs is 1. The molecule has 0 saturated heterocycles. The van der Waals surface area contributed by atoms with E-state index < -0.39 is 0 Å². The Labute approximate surface area is 157 Å². The van der Waals surface area contributed by atoms with Gasteiger partial charge in [0.2, 0.25) is 0 Å². The first-order chi connectivity index (χ1) is 12.6. The molecule has 2 aromatic carbocycles. The Balaban J connectivity index is 1.44. The lowest BCUT2D eigenvalue weighted by Crippen LogP contribution is -2.19. The van der Waals surface area contributed by atoms with Crippen LogP contribution in [0.15, 0.2) is 58.9 Å². The highest BCUT2D eigenvalue weighted by molar-refractivity contribution is 8.16. The number of anilines is 2. The fourth-order valence-electron chi connectivity index (χ4n) is 2.99. The molecule has 0 atom stereocenters. The number of amidine groups is 1. The standard InChI is InChI=1S/C20H20N4OS/c1-23(2)17-9-5-15(6-10-17)19(25)22-16-7-3-14(4-8-16)18-13-26-20-21-11-12-24(18)20/h3-10,13H,11-12H2,1-2H3,(H,22,25). The lowest BCUT2D eigenvalue weighted by molar-refractivity contribution is 0.102. The minimum absolute atomic E-state index is 0.104. The number of hydrogen-bond donors (Lipinski definition) is 1. The molecule has 0 aliphatic carbocycles.